The monoisotopic (exact) mass is 1090 g/mol. The van der Waals surface area contributed by atoms with E-state index < -0.39 is 59.8 Å². The topological polar surface area (TPSA) is 199 Å². The maximum Gasteiger partial charge on any atom is 0.407 e. The lowest BCUT2D eigenvalue weighted by atomic mass is 9.75. The Hall–Kier alpha value is -6.74. The van der Waals surface area contributed by atoms with Crippen molar-refractivity contribution >= 4 is 36.0 Å². The molecule has 79 heavy (non-hydrogen) atoms. The van der Waals surface area contributed by atoms with Gasteiger partial charge in [-0.15, -0.1) is 0 Å². The van der Waals surface area contributed by atoms with Crippen molar-refractivity contribution in [3.8, 4) is 22.3 Å². The zero-order valence-corrected chi connectivity index (χ0v) is 48.7. The van der Waals surface area contributed by atoms with Crippen LogP contribution in [0.3, 0.4) is 0 Å². The highest BCUT2D eigenvalue weighted by Gasteiger charge is 2.37. The normalized spacial score (nSPS) is 16.4. The highest BCUT2D eigenvalue weighted by atomic mass is 16.6. The van der Waals surface area contributed by atoms with Gasteiger partial charge in [-0.3, -0.25) is 14.4 Å². The van der Waals surface area contributed by atoms with E-state index in [0.717, 1.165) is 63.3 Å². The van der Waals surface area contributed by atoms with Crippen molar-refractivity contribution in [3.05, 3.63) is 119 Å². The number of alkyl carbamates (subject to hydrolysis) is 2. The number of carbonyl (C=O) groups excluding carboxylic acids is 5. The second-order valence-electron chi connectivity index (χ2n) is 25.3. The number of carboxylic acid groups (broad SMARTS) is 1. The second-order valence-corrected chi connectivity index (χ2v) is 25.3. The number of aliphatic carboxylic acids is 1. The van der Waals surface area contributed by atoms with Crippen LogP contribution in [0.5, 0.6) is 0 Å². The number of nitrogens with one attached hydrogen (secondary N) is 3. The third-order valence-corrected chi connectivity index (χ3v) is 15.0. The molecule has 428 valence electrons. The fourth-order valence-corrected chi connectivity index (χ4v) is 10.9. The van der Waals surface area contributed by atoms with E-state index in [0.29, 0.717) is 24.4 Å². The van der Waals surface area contributed by atoms with Crippen molar-refractivity contribution in [2.24, 2.45) is 22.7 Å². The van der Waals surface area contributed by atoms with Gasteiger partial charge in [0, 0.05) is 24.9 Å². The molecule has 3 amide bonds. The van der Waals surface area contributed by atoms with E-state index in [9.17, 15) is 33.9 Å². The molecule has 2 atom stereocenters. The lowest BCUT2D eigenvalue weighted by Crippen LogP contribution is -2.52. The van der Waals surface area contributed by atoms with Crippen LogP contribution in [0.15, 0.2) is 97.1 Å². The van der Waals surface area contributed by atoms with Crippen LogP contribution in [-0.4, -0.2) is 109 Å². The highest BCUT2D eigenvalue weighted by Crippen LogP contribution is 2.46. The second kappa shape index (κ2) is 26.5. The Morgan fingerprint density at radius 2 is 0.848 bits per heavy atom. The van der Waals surface area contributed by atoms with Crippen LogP contribution in [0.2, 0.25) is 0 Å². The number of nitrogens with zero attached hydrogens (tertiary/aromatic N) is 1. The van der Waals surface area contributed by atoms with Crippen molar-refractivity contribution in [3.63, 3.8) is 0 Å². The number of amides is 3. The molecule has 2 saturated heterocycles. The van der Waals surface area contributed by atoms with E-state index in [1.165, 1.54) is 25.9 Å². The quantitative estimate of drug-likeness (QED) is 0.0774. The molecule has 0 spiro atoms. The van der Waals surface area contributed by atoms with Gasteiger partial charge in [-0.05, 0) is 147 Å². The van der Waals surface area contributed by atoms with Crippen molar-refractivity contribution in [1.29, 1.82) is 0 Å². The average Bonchev–Trinajstić information content (AvgIpc) is 4.03. The first-order valence-corrected chi connectivity index (χ1v) is 28.0. The van der Waals surface area contributed by atoms with Crippen LogP contribution < -0.4 is 16.0 Å². The van der Waals surface area contributed by atoms with E-state index in [-0.39, 0.29) is 42.8 Å². The van der Waals surface area contributed by atoms with Gasteiger partial charge in [0.1, 0.15) is 36.5 Å². The summed E-state index contributed by atoms with van der Waals surface area (Å²) in [4.78, 5) is 76.6. The molecule has 15 heteroatoms. The maximum atomic E-state index is 13.5. The molecule has 0 bridgehead atoms. The minimum Gasteiger partial charge on any atom is -0.480 e. The van der Waals surface area contributed by atoms with Gasteiger partial charge < -0.3 is 44.9 Å². The number of carboxylic acids is 1. The molecule has 0 aromatic heterocycles. The fourth-order valence-electron chi connectivity index (χ4n) is 10.9. The predicted octanol–water partition coefficient (Wildman–Crippen LogP) is 11.7. The molecule has 15 nitrogen and oxygen atoms in total. The molecule has 2 aliphatic carbocycles. The van der Waals surface area contributed by atoms with Gasteiger partial charge >= 0.3 is 30.1 Å². The number of benzene rings is 4. The molecule has 4 N–H and O–H groups in total. The molecule has 4 aliphatic rings. The van der Waals surface area contributed by atoms with Crippen molar-refractivity contribution < 1.29 is 52.8 Å². The third kappa shape index (κ3) is 17.6. The minimum atomic E-state index is -1.43. The van der Waals surface area contributed by atoms with Crippen LogP contribution in [0.4, 0.5) is 9.59 Å². The minimum absolute atomic E-state index is 0.0542. The Bertz CT molecular complexity index is 2660. The molecule has 0 saturated carbocycles. The zero-order chi connectivity index (χ0) is 57.9. The lowest BCUT2D eigenvalue weighted by Gasteiger charge is -2.39. The van der Waals surface area contributed by atoms with Gasteiger partial charge in [0.05, 0.1) is 12.8 Å². The van der Waals surface area contributed by atoms with Gasteiger partial charge in [-0.25, -0.2) is 14.4 Å². The number of likely N-dealkylation sites (tertiary alicyclic amines) is 1. The van der Waals surface area contributed by atoms with Gasteiger partial charge in [0.2, 0.25) is 5.91 Å². The fraction of sp³-hybridized carbons (Fsp3) is 0.531. The predicted molar refractivity (Wildman–Crippen MR) is 306 cm³/mol. The Balaban J connectivity index is 0.000000222. The maximum absolute atomic E-state index is 13.5. The van der Waals surface area contributed by atoms with Gasteiger partial charge in [-0.2, -0.15) is 0 Å². The van der Waals surface area contributed by atoms with Crippen LogP contribution in [0.25, 0.3) is 22.3 Å². The molecule has 4 aromatic carbocycles. The smallest absolute Gasteiger partial charge is 0.407 e. The Labute approximate surface area is 468 Å². The Kier molecular flexibility index (Phi) is 20.6. The summed E-state index contributed by atoms with van der Waals surface area (Å²) in [5.41, 5.74) is 8.04. The number of piperidine rings is 2. The first kappa shape index (κ1) is 61.5. The zero-order valence-electron chi connectivity index (χ0n) is 48.7. The summed E-state index contributed by atoms with van der Waals surface area (Å²) in [6.07, 6.45) is 2.15. The highest BCUT2D eigenvalue weighted by molar-refractivity contribution is 5.90. The van der Waals surface area contributed by atoms with Crippen LogP contribution in [0, 0.1) is 22.7 Å². The lowest BCUT2D eigenvalue weighted by molar-refractivity contribution is -0.158. The van der Waals surface area contributed by atoms with Gasteiger partial charge in [0.15, 0.2) is 0 Å². The van der Waals surface area contributed by atoms with E-state index in [1.807, 2.05) is 72.8 Å². The van der Waals surface area contributed by atoms with Crippen LogP contribution >= 0.6 is 0 Å². The van der Waals surface area contributed by atoms with Crippen LogP contribution in [0.1, 0.15) is 156 Å². The number of ether oxygens (including phenoxy) is 4. The molecular formula is C64H86N4O11. The molecule has 0 unspecified atom stereocenters. The molecule has 2 aliphatic heterocycles. The summed E-state index contributed by atoms with van der Waals surface area (Å²) in [7, 11) is 0. The van der Waals surface area contributed by atoms with E-state index in [2.05, 4.69) is 81.8 Å². The van der Waals surface area contributed by atoms with E-state index in [4.69, 9.17) is 18.9 Å². The van der Waals surface area contributed by atoms with Crippen molar-refractivity contribution in [2.45, 2.75) is 157 Å². The molecule has 2 fully saturated rings. The van der Waals surface area contributed by atoms with Gasteiger partial charge in [-0.1, -0.05) is 139 Å². The molecule has 8 rings (SSSR count). The SMILES string of the molecule is CC(C)(C)C1CCNCC1.CC(C)(C)OC(=O)C[C@H](NC(=O)OCC1c2ccccc2-c2ccccc21)C(=O)N1CCC(C(C)(C)C)CC1.CC(C)(C)OC(=O)C[C@H](NC(=O)OCC1c2ccccc2-c2ccccc21)C(=O)O. The first-order chi connectivity index (χ1) is 37.1. The summed E-state index contributed by atoms with van der Waals surface area (Å²) in [6.45, 7) is 27.9. The molecule has 4 aromatic rings. The number of carbonyl (C=O) groups is 6. The summed E-state index contributed by atoms with van der Waals surface area (Å²) in [5.74, 6) is -1.65. The molecular weight excluding hydrogens is 1000 g/mol. The summed E-state index contributed by atoms with van der Waals surface area (Å²) in [6, 6.07) is 29.5. The number of hydrogen-bond donors (Lipinski definition) is 4. The molecule has 0 radical (unpaired) electrons. The average molecular weight is 1090 g/mol. The third-order valence-electron chi connectivity index (χ3n) is 15.0. The number of rotatable bonds is 12. The first-order valence-electron chi connectivity index (χ1n) is 28.0. The molecule has 2 heterocycles. The Morgan fingerprint density at radius 1 is 0.519 bits per heavy atom. The van der Waals surface area contributed by atoms with Crippen molar-refractivity contribution in [1.82, 2.24) is 20.9 Å². The summed E-state index contributed by atoms with van der Waals surface area (Å²) in [5, 5.41) is 17.7. The number of hydrogen-bond acceptors (Lipinski definition) is 11. The summed E-state index contributed by atoms with van der Waals surface area (Å²) < 4.78 is 21.6. The summed E-state index contributed by atoms with van der Waals surface area (Å²) >= 11 is 0. The Morgan fingerprint density at radius 3 is 1.18 bits per heavy atom. The van der Waals surface area contributed by atoms with E-state index in [1.54, 1.807) is 46.4 Å². The van der Waals surface area contributed by atoms with E-state index >= 15 is 0 Å². The standard InChI is InChI=1S/C32H42N2O5.C23H25NO6.C9H19N/c1-31(2,3)21-15-17-34(18-16-21)29(36)27(19-28(35)39-32(4,5)6)33-30(37)38-20-26-24-13-9-7-11-22(24)23-12-8-10-14-25(23)26;1-23(2,3)30-20(25)12-19(21(26)27)24-22(28)29-13-18-16-10-6-4-8-14(16)15-9-5-7-11-17(15)18;1-9(2,3)8-4-6-10-7-5-8/h7-14,21,26-27H,15-20H2,1-6H3,(H,33,37);4-11,18-19H,12-13H2,1-3H3,(H,24,28)(H,26,27);8,10H,4-7H2,1-3H3/t27-;19-;/m00./s1. The number of esters is 2. The van der Waals surface area contributed by atoms with Crippen molar-refractivity contribution in [2.75, 3.05) is 39.4 Å². The van der Waals surface area contributed by atoms with Crippen LogP contribution in [-0.2, 0) is 38.1 Å². The van der Waals surface area contributed by atoms with Gasteiger partial charge in [0.25, 0.3) is 0 Å². The number of fused-ring (bicyclic) bond motifs is 6. The largest absolute Gasteiger partial charge is 0.480 e.